The molecule has 9 heteroatoms. The van der Waals surface area contributed by atoms with Gasteiger partial charge in [-0.3, -0.25) is 0 Å². The zero-order chi connectivity index (χ0) is 23.1. The first-order chi connectivity index (χ1) is 15.9. The van der Waals surface area contributed by atoms with E-state index in [4.69, 9.17) is 4.74 Å². The molecule has 6 nitrogen and oxygen atoms in total. The van der Waals surface area contributed by atoms with Gasteiger partial charge in [-0.25, -0.2) is 22.8 Å². The van der Waals surface area contributed by atoms with Crippen LogP contribution in [0.25, 0.3) is 28.0 Å². The largest absolute Gasteiger partial charge is 0.503 e. The Kier molecular flexibility index (Phi) is 4.93. The third-order valence-corrected chi connectivity index (χ3v) is 5.07. The van der Waals surface area contributed by atoms with Crippen molar-refractivity contribution in [3.05, 3.63) is 89.9 Å². The molecule has 164 valence electrons. The molecule has 5 rings (SSSR count). The van der Waals surface area contributed by atoms with E-state index in [1.54, 1.807) is 43.3 Å². The molecule has 0 amide bonds. The summed E-state index contributed by atoms with van der Waals surface area (Å²) in [7, 11) is 0. The minimum Gasteiger partial charge on any atom is -0.503 e. The first-order valence-electron chi connectivity index (χ1n) is 9.84. The number of benzene rings is 3. The van der Waals surface area contributed by atoms with E-state index in [0.29, 0.717) is 34.0 Å². The zero-order valence-corrected chi connectivity index (χ0v) is 17.1. The maximum Gasteiger partial charge on any atom is 0.187 e. The molecule has 3 aromatic carbocycles. The molecule has 0 atom stereocenters. The molecule has 0 unspecified atom stereocenters. The molecule has 2 aromatic heterocycles. The zero-order valence-electron chi connectivity index (χ0n) is 17.1. The number of aryl methyl sites for hydroxylation is 1. The quantitative estimate of drug-likeness (QED) is 0.382. The minimum atomic E-state index is -1.10. The van der Waals surface area contributed by atoms with Crippen molar-refractivity contribution in [3.63, 3.8) is 0 Å². The van der Waals surface area contributed by atoms with Crippen molar-refractivity contribution < 1.29 is 23.0 Å². The molecule has 0 saturated heterocycles. The highest BCUT2D eigenvalue weighted by Gasteiger charge is 2.14. The van der Waals surface area contributed by atoms with Gasteiger partial charge in [-0.15, -0.1) is 5.10 Å². The van der Waals surface area contributed by atoms with Crippen LogP contribution in [-0.4, -0.2) is 25.1 Å². The highest BCUT2D eigenvalue weighted by molar-refractivity contribution is 5.87. The fraction of sp³-hybridized carbons (Fsp3) is 0.0417. The Balaban J connectivity index is 1.48. The van der Waals surface area contributed by atoms with Crippen LogP contribution < -0.4 is 4.74 Å². The van der Waals surface area contributed by atoms with Crippen LogP contribution in [0.2, 0.25) is 0 Å². The third kappa shape index (κ3) is 3.84. The van der Waals surface area contributed by atoms with Crippen molar-refractivity contribution in [3.8, 4) is 34.3 Å². The Morgan fingerprint density at radius 1 is 0.879 bits per heavy atom. The maximum absolute atomic E-state index is 13.7. The average molecular weight is 448 g/mol. The van der Waals surface area contributed by atoms with Crippen molar-refractivity contribution in [2.45, 2.75) is 6.92 Å². The van der Waals surface area contributed by atoms with Gasteiger partial charge in [0, 0.05) is 17.5 Å². The van der Waals surface area contributed by atoms with Crippen LogP contribution in [0.5, 0.6) is 17.2 Å². The van der Waals surface area contributed by atoms with Crippen LogP contribution in [0.3, 0.4) is 0 Å². The smallest absolute Gasteiger partial charge is 0.187 e. The lowest BCUT2D eigenvalue weighted by Crippen LogP contribution is -1.97. The predicted molar refractivity (Wildman–Crippen MR) is 115 cm³/mol. The molecule has 5 aromatic rings. The topological polar surface area (TPSA) is 73.1 Å². The van der Waals surface area contributed by atoms with Gasteiger partial charge in [-0.05, 0) is 55.0 Å². The number of aromatic hydroxyl groups is 1. The Morgan fingerprint density at radius 2 is 1.67 bits per heavy atom. The SMILES string of the molecule is Cc1cc(Oc2cccc3nc(-c4cn(-c5cc(F)c(O)c(F)c5)nn4)ccc23)ccc1F. The molecule has 0 fully saturated rings. The van der Waals surface area contributed by atoms with Gasteiger partial charge < -0.3 is 9.84 Å². The highest BCUT2D eigenvalue weighted by Crippen LogP contribution is 2.31. The number of halogens is 3. The molecule has 33 heavy (non-hydrogen) atoms. The van der Waals surface area contributed by atoms with E-state index in [-0.39, 0.29) is 11.5 Å². The second-order valence-electron chi connectivity index (χ2n) is 7.34. The molecule has 0 aliphatic carbocycles. The number of hydrogen-bond acceptors (Lipinski definition) is 5. The molecule has 0 spiro atoms. The van der Waals surface area contributed by atoms with E-state index in [9.17, 15) is 18.3 Å². The fourth-order valence-electron chi connectivity index (χ4n) is 3.36. The molecule has 2 heterocycles. The molecule has 0 aliphatic rings. The summed E-state index contributed by atoms with van der Waals surface area (Å²) < 4.78 is 48.0. The predicted octanol–water partition coefficient (Wildman–Crippen LogP) is 5.71. The van der Waals surface area contributed by atoms with E-state index in [0.717, 1.165) is 17.5 Å². The van der Waals surface area contributed by atoms with Gasteiger partial charge in [0.15, 0.2) is 17.4 Å². The molecule has 0 aliphatic heterocycles. The lowest BCUT2D eigenvalue weighted by molar-refractivity contribution is 0.395. The number of fused-ring (bicyclic) bond motifs is 1. The standard InChI is InChI=1S/C24H15F3N4O2/c1-13-9-15(5-7-17(13)25)33-23-4-2-3-20-16(23)6-8-21(28-20)22-12-31(30-29-22)14-10-18(26)24(32)19(27)11-14/h2-12,32H,1H3. The summed E-state index contributed by atoms with van der Waals surface area (Å²) in [6.07, 6.45) is 1.47. The first kappa shape index (κ1) is 20.5. The number of ether oxygens (including phenoxy) is 1. The Hall–Kier alpha value is -4.40. The normalized spacial score (nSPS) is 11.2. The molecular formula is C24H15F3N4O2. The van der Waals surface area contributed by atoms with E-state index < -0.39 is 17.4 Å². The average Bonchev–Trinajstić information content (AvgIpc) is 3.30. The second kappa shape index (κ2) is 7.94. The summed E-state index contributed by atoms with van der Waals surface area (Å²) in [5.74, 6) is -2.51. The van der Waals surface area contributed by atoms with E-state index in [1.165, 1.54) is 16.9 Å². The van der Waals surface area contributed by atoms with Gasteiger partial charge in [0.1, 0.15) is 23.0 Å². The maximum atomic E-state index is 13.7. The van der Waals surface area contributed by atoms with Crippen LogP contribution >= 0.6 is 0 Å². The number of nitrogens with zero attached hydrogens (tertiary/aromatic N) is 4. The molecule has 0 bridgehead atoms. The van der Waals surface area contributed by atoms with Gasteiger partial charge in [0.05, 0.1) is 23.1 Å². The van der Waals surface area contributed by atoms with E-state index >= 15 is 0 Å². The summed E-state index contributed by atoms with van der Waals surface area (Å²) in [4.78, 5) is 4.59. The number of rotatable bonds is 4. The number of phenols is 1. The number of pyridine rings is 1. The van der Waals surface area contributed by atoms with Crippen LogP contribution in [0.1, 0.15) is 5.56 Å². The lowest BCUT2D eigenvalue weighted by atomic mass is 10.1. The van der Waals surface area contributed by atoms with Crippen molar-refractivity contribution in [2.75, 3.05) is 0 Å². The van der Waals surface area contributed by atoms with Gasteiger partial charge in [0.25, 0.3) is 0 Å². The van der Waals surface area contributed by atoms with Gasteiger partial charge in [-0.2, -0.15) is 0 Å². The second-order valence-corrected chi connectivity index (χ2v) is 7.34. The van der Waals surface area contributed by atoms with Crippen molar-refractivity contribution in [2.24, 2.45) is 0 Å². The lowest BCUT2D eigenvalue weighted by Gasteiger charge is -2.10. The summed E-state index contributed by atoms with van der Waals surface area (Å²) >= 11 is 0. The van der Waals surface area contributed by atoms with Crippen molar-refractivity contribution in [1.82, 2.24) is 20.0 Å². The third-order valence-electron chi connectivity index (χ3n) is 5.07. The van der Waals surface area contributed by atoms with Crippen LogP contribution in [-0.2, 0) is 0 Å². The molecule has 1 N–H and O–H groups in total. The van der Waals surface area contributed by atoms with E-state index in [2.05, 4.69) is 15.3 Å². The monoisotopic (exact) mass is 448 g/mol. The first-order valence-corrected chi connectivity index (χ1v) is 9.84. The van der Waals surface area contributed by atoms with E-state index in [1.807, 2.05) is 6.07 Å². The van der Waals surface area contributed by atoms with Crippen molar-refractivity contribution in [1.29, 1.82) is 0 Å². The number of hydrogen-bond donors (Lipinski definition) is 1. The molecule has 0 saturated carbocycles. The number of phenolic OH excluding ortho intramolecular Hbond substituents is 1. The summed E-state index contributed by atoms with van der Waals surface area (Å²) in [6.45, 7) is 1.66. The van der Waals surface area contributed by atoms with Gasteiger partial charge in [-0.1, -0.05) is 11.3 Å². The Bertz CT molecular complexity index is 1490. The fourth-order valence-corrected chi connectivity index (χ4v) is 3.36. The summed E-state index contributed by atoms with van der Waals surface area (Å²) in [6, 6.07) is 15.3. The summed E-state index contributed by atoms with van der Waals surface area (Å²) in [5.41, 5.74) is 2.03. The minimum absolute atomic E-state index is 0.0626. The molecular weight excluding hydrogens is 433 g/mol. The highest BCUT2D eigenvalue weighted by atomic mass is 19.1. The van der Waals surface area contributed by atoms with Gasteiger partial charge >= 0.3 is 0 Å². The van der Waals surface area contributed by atoms with Gasteiger partial charge in [0.2, 0.25) is 0 Å². The van der Waals surface area contributed by atoms with Crippen LogP contribution in [0.4, 0.5) is 13.2 Å². The number of aromatic nitrogens is 4. The Labute approximate surface area is 185 Å². The van der Waals surface area contributed by atoms with Crippen LogP contribution in [0.15, 0.2) is 66.9 Å². The Morgan fingerprint density at radius 3 is 2.42 bits per heavy atom. The van der Waals surface area contributed by atoms with Crippen molar-refractivity contribution >= 4 is 10.9 Å². The molecule has 0 radical (unpaired) electrons. The summed E-state index contributed by atoms with van der Waals surface area (Å²) in [5, 5.41) is 17.9. The van der Waals surface area contributed by atoms with Crippen LogP contribution in [0, 0.1) is 24.4 Å².